The van der Waals surface area contributed by atoms with Crippen LogP contribution in [0.1, 0.15) is 11.1 Å². The van der Waals surface area contributed by atoms with E-state index in [1.54, 1.807) is 22.7 Å². The van der Waals surface area contributed by atoms with E-state index in [0.717, 1.165) is 0 Å². The monoisotopic (exact) mass is 166 g/mol. The topological polar surface area (TPSA) is 0 Å². The van der Waals surface area contributed by atoms with Gasteiger partial charge in [0, 0.05) is 20.2 Å². The van der Waals surface area contributed by atoms with Crippen molar-refractivity contribution >= 4 is 32.1 Å². The molecule has 0 unspecified atom stereocenters. The molecule has 10 heavy (non-hydrogen) atoms. The zero-order valence-electron chi connectivity index (χ0n) is 5.82. The van der Waals surface area contributed by atoms with Crippen molar-refractivity contribution in [3.05, 3.63) is 21.9 Å². The summed E-state index contributed by atoms with van der Waals surface area (Å²) in [5.41, 5.74) is 2.55. The summed E-state index contributed by atoms with van der Waals surface area (Å²) in [6.07, 6.45) is 0. The van der Waals surface area contributed by atoms with Crippen LogP contribution in [0.2, 0.25) is 0 Å². The summed E-state index contributed by atoms with van der Waals surface area (Å²) in [6, 6.07) is 0. The summed E-state index contributed by atoms with van der Waals surface area (Å²) in [4.78, 5) is 0. The molecule has 0 aliphatic heterocycles. The van der Waals surface area contributed by atoms with Crippen molar-refractivity contribution in [3.8, 4) is 0 Å². The van der Waals surface area contributed by atoms with Gasteiger partial charge in [-0.2, -0.15) is 0 Å². The van der Waals surface area contributed by atoms with Gasteiger partial charge < -0.3 is 0 Å². The van der Waals surface area contributed by atoms with Crippen LogP contribution in [0.3, 0.4) is 0 Å². The molecule has 2 radical (unpaired) electrons. The summed E-state index contributed by atoms with van der Waals surface area (Å²) in [7, 11) is 0. The van der Waals surface area contributed by atoms with Crippen molar-refractivity contribution in [3.63, 3.8) is 0 Å². The maximum Gasteiger partial charge on any atom is 0.0496 e. The Bertz CT molecular complexity index is 318. The molecule has 0 nitrogen and oxygen atoms in total. The van der Waals surface area contributed by atoms with Gasteiger partial charge in [0.15, 0.2) is 0 Å². The predicted molar refractivity (Wildman–Crippen MR) is 46.8 cm³/mol. The minimum absolute atomic E-state index is 1.27. The normalized spacial score (nSPS) is 11.0. The molecule has 0 saturated carbocycles. The second-order valence-corrected chi connectivity index (χ2v) is 3.95. The van der Waals surface area contributed by atoms with Gasteiger partial charge in [0.25, 0.3) is 0 Å². The van der Waals surface area contributed by atoms with Crippen LogP contribution in [0.15, 0.2) is 0 Å². The Morgan fingerprint density at radius 2 is 1.30 bits per heavy atom. The number of thiophene rings is 2. The highest BCUT2D eigenvalue weighted by atomic mass is 32.1. The lowest BCUT2D eigenvalue weighted by Gasteiger charge is -1.77. The lowest BCUT2D eigenvalue weighted by atomic mass is 10.3. The molecule has 50 valence electrons. The Hall–Kier alpha value is -0.340. The van der Waals surface area contributed by atoms with Crippen LogP contribution >= 0.6 is 22.7 Å². The van der Waals surface area contributed by atoms with Crippen LogP contribution < -0.4 is 0 Å². The van der Waals surface area contributed by atoms with Crippen LogP contribution in [-0.2, 0) is 0 Å². The van der Waals surface area contributed by atoms with Crippen LogP contribution in [-0.4, -0.2) is 0 Å². The van der Waals surface area contributed by atoms with Crippen LogP contribution in [0.5, 0.6) is 0 Å². The first kappa shape index (κ1) is 6.38. The van der Waals surface area contributed by atoms with Crippen molar-refractivity contribution in [2.45, 2.75) is 13.8 Å². The van der Waals surface area contributed by atoms with Gasteiger partial charge in [-0.05, 0) is 25.0 Å². The van der Waals surface area contributed by atoms with Crippen molar-refractivity contribution in [2.75, 3.05) is 0 Å². The largest absolute Gasteiger partial charge is 0.133 e. The first-order valence-electron chi connectivity index (χ1n) is 3.07. The van der Waals surface area contributed by atoms with E-state index in [4.69, 9.17) is 0 Å². The Morgan fingerprint density at radius 3 is 1.70 bits per heavy atom. The molecule has 0 aliphatic rings. The van der Waals surface area contributed by atoms with Gasteiger partial charge in [-0.25, -0.2) is 0 Å². The van der Waals surface area contributed by atoms with Gasteiger partial charge in [-0.1, -0.05) is 0 Å². The third-order valence-electron chi connectivity index (χ3n) is 1.50. The first-order valence-corrected chi connectivity index (χ1v) is 4.70. The van der Waals surface area contributed by atoms with Crippen molar-refractivity contribution in [1.82, 2.24) is 0 Å². The summed E-state index contributed by atoms with van der Waals surface area (Å²) in [6.45, 7) is 4.20. The molecular formula is C8H6S2. The summed E-state index contributed by atoms with van der Waals surface area (Å²) >= 11 is 3.40. The van der Waals surface area contributed by atoms with E-state index in [9.17, 15) is 0 Å². The van der Waals surface area contributed by atoms with E-state index in [-0.39, 0.29) is 0 Å². The lowest BCUT2D eigenvalue weighted by Crippen LogP contribution is -1.56. The zero-order chi connectivity index (χ0) is 7.14. The van der Waals surface area contributed by atoms with Gasteiger partial charge in [-0.3, -0.25) is 0 Å². The van der Waals surface area contributed by atoms with Gasteiger partial charge >= 0.3 is 0 Å². The minimum Gasteiger partial charge on any atom is -0.133 e. The molecular weight excluding hydrogens is 160 g/mol. The minimum atomic E-state index is 1.27. The Morgan fingerprint density at radius 1 is 0.900 bits per heavy atom. The zero-order valence-corrected chi connectivity index (χ0v) is 7.45. The maximum absolute atomic E-state index is 3.23. The molecule has 0 amide bonds. The van der Waals surface area contributed by atoms with Crippen molar-refractivity contribution < 1.29 is 0 Å². The highest BCUT2D eigenvalue weighted by Crippen LogP contribution is 2.32. The van der Waals surface area contributed by atoms with Gasteiger partial charge in [0.05, 0.1) is 0 Å². The third kappa shape index (κ3) is 0.724. The van der Waals surface area contributed by atoms with E-state index in [0.29, 0.717) is 0 Å². The Balaban J connectivity index is 2.95. The number of hydrogen-bond acceptors (Lipinski definition) is 2. The van der Waals surface area contributed by atoms with E-state index in [2.05, 4.69) is 24.6 Å². The number of hydrogen-bond donors (Lipinski definition) is 0. The molecule has 0 aromatic carbocycles. The fraction of sp³-hybridized carbons (Fsp3) is 0.250. The smallest absolute Gasteiger partial charge is 0.0496 e. The van der Waals surface area contributed by atoms with Gasteiger partial charge in [0.2, 0.25) is 0 Å². The Labute approximate surface area is 68.1 Å². The fourth-order valence-corrected chi connectivity index (χ4v) is 2.93. The number of fused-ring (bicyclic) bond motifs is 1. The first-order chi connectivity index (χ1) is 4.79. The fourth-order valence-electron chi connectivity index (χ4n) is 0.934. The summed E-state index contributed by atoms with van der Waals surface area (Å²) in [5.74, 6) is 0. The molecule has 0 aliphatic carbocycles. The predicted octanol–water partition coefficient (Wildman–Crippen LogP) is 3.18. The maximum atomic E-state index is 3.23. The van der Waals surface area contributed by atoms with Crippen molar-refractivity contribution in [2.24, 2.45) is 0 Å². The van der Waals surface area contributed by atoms with E-state index in [1.165, 1.54) is 20.5 Å². The second kappa shape index (κ2) is 2.07. The highest BCUT2D eigenvalue weighted by molar-refractivity contribution is 7.26. The molecule has 2 aromatic heterocycles. The SMILES string of the molecule is Cc1[c]sc2c(C)[c]sc12. The Kier molecular flexibility index (Phi) is 1.32. The molecule has 2 heterocycles. The molecule has 2 aromatic rings. The number of aryl methyl sites for hydroxylation is 2. The second-order valence-electron chi connectivity index (χ2n) is 2.32. The van der Waals surface area contributed by atoms with E-state index in [1.807, 2.05) is 0 Å². The molecule has 0 bridgehead atoms. The lowest BCUT2D eigenvalue weighted by molar-refractivity contribution is 1.60. The highest BCUT2D eigenvalue weighted by Gasteiger charge is 2.04. The molecule has 2 heteroatoms. The average Bonchev–Trinajstić information content (AvgIpc) is 2.41. The van der Waals surface area contributed by atoms with Crippen molar-refractivity contribution in [1.29, 1.82) is 0 Å². The average molecular weight is 166 g/mol. The van der Waals surface area contributed by atoms with E-state index >= 15 is 0 Å². The quantitative estimate of drug-likeness (QED) is 0.564. The summed E-state index contributed by atoms with van der Waals surface area (Å²) in [5, 5.41) is 6.46. The van der Waals surface area contributed by atoms with Crippen LogP contribution in [0, 0.1) is 24.6 Å². The molecule has 0 atom stereocenters. The molecule has 2 rings (SSSR count). The van der Waals surface area contributed by atoms with Gasteiger partial charge in [0.1, 0.15) is 0 Å². The molecule has 0 spiro atoms. The van der Waals surface area contributed by atoms with Crippen LogP contribution in [0.25, 0.3) is 9.40 Å². The molecule has 0 saturated heterocycles. The standard InChI is InChI=1S/C8H6S2/c1-5-3-9-8-6(2)4-10-7(5)8/h1-2H3. The van der Waals surface area contributed by atoms with Gasteiger partial charge in [-0.15, -0.1) is 22.7 Å². The molecule has 0 N–H and O–H groups in total. The third-order valence-corrected chi connectivity index (χ3v) is 3.87. The molecule has 0 fully saturated rings. The van der Waals surface area contributed by atoms with E-state index < -0.39 is 0 Å². The van der Waals surface area contributed by atoms with Crippen LogP contribution in [0.4, 0.5) is 0 Å². The number of rotatable bonds is 0. The summed E-state index contributed by atoms with van der Waals surface area (Å²) < 4.78 is 2.73.